The van der Waals surface area contributed by atoms with Crippen molar-refractivity contribution >= 4 is 45.2 Å². The Morgan fingerprint density at radius 1 is 1.17 bits per heavy atom. The molecule has 3 nitrogen and oxygen atoms in total. The lowest BCUT2D eigenvalue weighted by Crippen LogP contribution is -1.94. The van der Waals surface area contributed by atoms with Gasteiger partial charge in [-0.15, -0.1) is 0 Å². The molecule has 90 valence electrons. The summed E-state index contributed by atoms with van der Waals surface area (Å²) in [7, 11) is 0. The summed E-state index contributed by atoms with van der Waals surface area (Å²) >= 11 is 8.24. The maximum atomic E-state index is 12.9. The van der Waals surface area contributed by atoms with Crippen molar-refractivity contribution in [3.05, 3.63) is 51.3 Å². The first-order valence-corrected chi connectivity index (χ1v) is 6.55. The van der Waals surface area contributed by atoms with Crippen molar-refractivity contribution < 1.29 is 4.39 Å². The topological polar surface area (TPSA) is 30.7 Å². The summed E-state index contributed by atoms with van der Waals surface area (Å²) in [6, 6.07) is 6.22. The number of benzene rings is 1. The highest BCUT2D eigenvalue weighted by atomic mass is 127. The molecule has 0 bridgehead atoms. The molecule has 0 atom stereocenters. The highest BCUT2D eigenvalue weighted by Crippen LogP contribution is 2.28. The normalized spacial score (nSPS) is 11.1. The van der Waals surface area contributed by atoms with Gasteiger partial charge in [-0.25, -0.2) is 14.4 Å². The first kappa shape index (κ1) is 11.9. The molecule has 3 rings (SSSR count). The van der Waals surface area contributed by atoms with Crippen molar-refractivity contribution in [2.24, 2.45) is 0 Å². The summed E-state index contributed by atoms with van der Waals surface area (Å²) in [6.45, 7) is 0. The molecule has 0 aliphatic rings. The van der Waals surface area contributed by atoms with Crippen LogP contribution in [0.15, 0.2) is 36.8 Å². The predicted molar refractivity (Wildman–Crippen MR) is 76.5 cm³/mol. The van der Waals surface area contributed by atoms with Gasteiger partial charge in [0, 0.05) is 15.5 Å². The molecule has 1 aromatic carbocycles. The van der Waals surface area contributed by atoms with Crippen LogP contribution in [0.4, 0.5) is 4.39 Å². The number of aromatic nitrogens is 3. The molecule has 0 N–H and O–H groups in total. The average molecular weight is 374 g/mol. The molecule has 0 unspecified atom stereocenters. The van der Waals surface area contributed by atoms with E-state index >= 15 is 0 Å². The summed E-state index contributed by atoms with van der Waals surface area (Å²) in [4.78, 5) is 8.20. The van der Waals surface area contributed by atoms with Crippen molar-refractivity contribution in [2.75, 3.05) is 0 Å². The molecule has 0 spiro atoms. The van der Waals surface area contributed by atoms with E-state index in [1.807, 2.05) is 10.8 Å². The third-order valence-electron chi connectivity index (χ3n) is 2.60. The number of rotatable bonds is 1. The van der Waals surface area contributed by atoms with E-state index in [4.69, 9.17) is 11.6 Å². The Bertz CT molecular complexity index is 724. The predicted octanol–water partition coefficient (Wildman–Crippen LogP) is 3.82. The van der Waals surface area contributed by atoms with Gasteiger partial charge in [-0.05, 0) is 46.9 Å². The Balaban J connectivity index is 2.30. The van der Waals surface area contributed by atoms with Gasteiger partial charge in [-0.1, -0.05) is 11.6 Å². The van der Waals surface area contributed by atoms with Crippen LogP contribution in [0.1, 0.15) is 0 Å². The summed E-state index contributed by atoms with van der Waals surface area (Å²) in [6.07, 6.45) is 3.32. The Kier molecular flexibility index (Phi) is 2.95. The van der Waals surface area contributed by atoms with Crippen molar-refractivity contribution in [3.63, 3.8) is 0 Å². The van der Waals surface area contributed by atoms with E-state index in [-0.39, 0.29) is 5.82 Å². The Morgan fingerprint density at radius 2 is 1.89 bits per heavy atom. The van der Waals surface area contributed by atoms with Crippen molar-refractivity contribution in [1.82, 2.24) is 14.5 Å². The van der Waals surface area contributed by atoms with Gasteiger partial charge in [0.1, 0.15) is 17.3 Å². The van der Waals surface area contributed by atoms with Crippen molar-refractivity contribution in [3.8, 4) is 5.69 Å². The molecule has 0 aliphatic carbocycles. The van der Waals surface area contributed by atoms with Crippen LogP contribution in [0.3, 0.4) is 0 Å². The van der Waals surface area contributed by atoms with Gasteiger partial charge in [0.05, 0.1) is 5.39 Å². The third kappa shape index (κ3) is 1.87. The summed E-state index contributed by atoms with van der Waals surface area (Å²) in [5.74, 6) is -0.266. The van der Waals surface area contributed by atoms with Crippen LogP contribution >= 0.6 is 34.2 Å². The van der Waals surface area contributed by atoms with Gasteiger partial charge in [0.15, 0.2) is 5.65 Å². The molecule has 2 heterocycles. The Labute approximate surface area is 121 Å². The lowest BCUT2D eigenvalue weighted by Gasteiger charge is -2.03. The van der Waals surface area contributed by atoms with E-state index < -0.39 is 0 Å². The maximum absolute atomic E-state index is 12.9. The number of fused-ring (bicyclic) bond motifs is 1. The zero-order chi connectivity index (χ0) is 12.7. The van der Waals surface area contributed by atoms with E-state index in [0.717, 1.165) is 14.6 Å². The van der Waals surface area contributed by atoms with Crippen LogP contribution < -0.4 is 0 Å². The fourth-order valence-corrected chi connectivity index (χ4v) is 2.95. The van der Waals surface area contributed by atoms with Crippen LogP contribution in [0, 0.1) is 9.39 Å². The van der Waals surface area contributed by atoms with Gasteiger partial charge in [-0.3, -0.25) is 0 Å². The minimum absolute atomic E-state index is 0.266. The summed E-state index contributed by atoms with van der Waals surface area (Å²) in [5.41, 5.74) is 1.55. The highest BCUT2D eigenvalue weighted by molar-refractivity contribution is 14.1. The van der Waals surface area contributed by atoms with E-state index in [1.54, 1.807) is 12.1 Å². The van der Waals surface area contributed by atoms with Crippen LogP contribution in [-0.4, -0.2) is 14.5 Å². The second-order valence-electron chi connectivity index (χ2n) is 3.69. The molecule has 0 saturated heterocycles. The molecule has 0 amide bonds. The Hall–Kier alpha value is -1.21. The van der Waals surface area contributed by atoms with Gasteiger partial charge in [-0.2, -0.15) is 0 Å². The lowest BCUT2D eigenvalue weighted by atomic mass is 10.3. The molecule has 0 aliphatic heterocycles. The fraction of sp³-hybridized carbons (Fsp3) is 0. The minimum atomic E-state index is -0.266. The second-order valence-corrected chi connectivity index (χ2v) is 5.21. The number of hydrogen-bond donors (Lipinski definition) is 0. The zero-order valence-electron chi connectivity index (χ0n) is 8.94. The van der Waals surface area contributed by atoms with E-state index in [0.29, 0.717) is 10.8 Å². The maximum Gasteiger partial charge on any atom is 0.150 e. The van der Waals surface area contributed by atoms with Crippen LogP contribution in [0.5, 0.6) is 0 Å². The quantitative estimate of drug-likeness (QED) is 0.480. The average Bonchev–Trinajstić information content (AvgIpc) is 2.69. The molecule has 3 aromatic rings. The zero-order valence-corrected chi connectivity index (χ0v) is 11.9. The summed E-state index contributed by atoms with van der Waals surface area (Å²) < 4.78 is 15.7. The van der Waals surface area contributed by atoms with Gasteiger partial charge < -0.3 is 4.57 Å². The SMILES string of the molecule is Fc1ccc(-n2cc(I)c3c(Cl)ncnc32)cc1. The van der Waals surface area contributed by atoms with Gasteiger partial charge in [0.25, 0.3) is 0 Å². The monoisotopic (exact) mass is 373 g/mol. The molecular formula is C12H6ClFIN3. The van der Waals surface area contributed by atoms with E-state index in [1.165, 1.54) is 18.5 Å². The Morgan fingerprint density at radius 3 is 2.61 bits per heavy atom. The standard InChI is InChI=1S/C12H6ClFIN3/c13-11-10-9(15)5-18(12(10)17-6-16-11)8-3-1-7(14)2-4-8/h1-6H. The van der Waals surface area contributed by atoms with Crippen LogP contribution in [0.2, 0.25) is 5.15 Å². The molecule has 2 aromatic heterocycles. The van der Waals surface area contributed by atoms with Gasteiger partial charge >= 0.3 is 0 Å². The van der Waals surface area contributed by atoms with Gasteiger partial charge in [0.2, 0.25) is 0 Å². The molecular weight excluding hydrogens is 368 g/mol. The summed E-state index contributed by atoms with van der Waals surface area (Å²) in [5, 5.41) is 1.23. The fourth-order valence-electron chi connectivity index (χ4n) is 1.78. The molecule has 0 fully saturated rings. The minimum Gasteiger partial charge on any atom is -0.300 e. The number of halogens is 3. The van der Waals surface area contributed by atoms with E-state index in [2.05, 4.69) is 32.6 Å². The number of nitrogens with zero attached hydrogens (tertiary/aromatic N) is 3. The second kappa shape index (κ2) is 4.47. The smallest absolute Gasteiger partial charge is 0.150 e. The molecule has 18 heavy (non-hydrogen) atoms. The van der Waals surface area contributed by atoms with E-state index in [9.17, 15) is 4.39 Å². The molecule has 0 saturated carbocycles. The van der Waals surface area contributed by atoms with Crippen molar-refractivity contribution in [2.45, 2.75) is 0 Å². The van der Waals surface area contributed by atoms with Crippen LogP contribution in [-0.2, 0) is 0 Å². The molecule has 6 heteroatoms. The number of hydrogen-bond acceptors (Lipinski definition) is 2. The third-order valence-corrected chi connectivity index (χ3v) is 3.70. The first-order valence-electron chi connectivity index (χ1n) is 5.10. The van der Waals surface area contributed by atoms with Crippen LogP contribution in [0.25, 0.3) is 16.7 Å². The molecule has 0 radical (unpaired) electrons. The lowest BCUT2D eigenvalue weighted by molar-refractivity contribution is 0.627. The first-order chi connectivity index (χ1) is 8.66. The van der Waals surface area contributed by atoms with Crippen molar-refractivity contribution in [1.29, 1.82) is 0 Å². The highest BCUT2D eigenvalue weighted by Gasteiger charge is 2.12. The largest absolute Gasteiger partial charge is 0.300 e.